The van der Waals surface area contributed by atoms with Crippen LogP contribution in [-0.2, 0) is 22.5 Å². The van der Waals surface area contributed by atoms with Crippen molar-refractivity contribution in [1.82, 2.24) is 39.7 Å². The number of ether oxygens (including phenoxy) is 1. The molecule has 0 spiro atoms. The van der Waals surface area contributed by atoms with E-state index in [9.17, 15) is 19.5 Å². The van der Waals surface area contributed by atoms with Crippen LogP contribution in [0, 0.1) is 17.8 Å². The van der Waals surface area contributed by atoms with Crippen molar-refractivity contribution in [1.29, 1.82) is 0 Å². The molecule has 4 saturated carbocycles. The first kappa shape index (κ1) is 31.9. The molecule has 5 fully saturated rings. The van der Waals surface area contributed by atoms with Gasteiger partial charge in [-0.05, 0) is 62.4 Å². The molecule has 2 bridgehead atoms. The summed E-state index contributed by atoms with van der Waals surface area (Å²) in [7, 11) is 0. The van der Waals surface area contributed by atoms with Crippen LogP contribution in [0.4, 0.5) is 5.69 Å². The van der Waals surface area contributed by atoms with E-state index < -0.39 is 0 Å². The van der Waals surface area contributed by atoms with Gasteiger partial charge in [0.1, 0.15) is 18.6 Å². The minimum atomic E-state index is -0.341. The van der Waals surface area contributed by atoms with Crippen molar-refractivity contribution < 1.29 is 19.4 Å². The Bertz CT molecular complexity index is 1950. The molecule has 3 aromatic rings. The number of nitrogens with one attached hydrogen (secondary N) is 1. The van der Waals surface area contributed by atoms with E-state index in [-0.39, 0.29) is 63.8 Å². The molecule has 2 atom stereocenters. The number of aryl methyl sites for hydroxylation is 1. The molecule has 0 unspecified atom stereocenters. The van der Waals surface area contributed by atoms with Crippen molar-refractivity contribution in [3.8, 4) is 5.75 Å². The van der Waals surface area contributed by atoms with Gasteiger partial charge in [0.15, 0.2) is 22.6 Å². The number of carbonyl (C=O) groups is 2. The molecule has 14 heteroatoms. The smallest absolute Gasteiger partial charge is 0.276 e. The number of fused-ring (bicyclic) bond motifs is 2. The highest BCUT2D eigenvalue weighted by Crippen LogP contribution is 2.74. The van der Waals surface area contributed by atoms with E-state index in [1.54, 1.807) is 11.8 Å². The van der Waals surface area contributed by atoms with Crippen molar-refractivity contribution in [2.45, 2.75) is 104 Å². The van der Waals surface area contributed by atoms with E-state index in [1.165, 1.54) is 11.1 Å². The lowest BCUT2D eigenvalue weighted by Gasteiger charge is -2.75. The standard InChI is InChI=1S/C35H45N9O5/c1-6-22-28(41-11-12-42(24-8-7-23(24)41)32(48)27-29(46)20(2)36-19-37-27)30(47)26-31(40-44(39-26)21-9-13-49-14-10-21)43(22)15-25(45)38-35-16-34(17-35,18-35)33(3,4)5/h9,19,23-24,46H,6-8,10-18H2,1-5H3,(H,38,45)/t23-,24-,34?,35?/m0/s1. The lowest BCUT2D eigenvalue weighted by Crippen LogP contribution is -2.78. The van der Waals surface area contributed by atoms with Gasteiger partial charge in [-0.1, -0.05) is 27.7 Å². The van der Waals surface area contributed by atoms with Crippen molar-refractivity contribution in [2.24, 2.45) is 10.8 Å². The van der Waals surface area contributed by atoms with Crippen LogP contribution in [-0.4, -0.2) is 95.3 Å². The summed E-state index contributed by atoms with van der Waals surface area (Å²) in [5.74, 6) is -0.641. The van der Waals surface area contributed by atoms with Gasteiger partial charge in [0, 0.05) is 36.8 Å². The fourth-order valence-electron chi connectivity index (χ4n) is 9.00. The van der Waals surface area contributed by atoms with E-state index >= 15 is 0 Å². The number of rotatable bonds is 7. The Balaban J connectivity index is 1.14. The van der Waals surface area contributed by atoms with Gasteiger partial charge in [0.05, 0.1) is 30.6 Å². The Kier molecular flexibility index (Phi) is 7.22. The molecule has 1 saturated heterocycles. The molecular weight excluding hydrogens is 626 g/mol. The third-order valence-corrected chi connectivity index (χ3v) is 12.1. The number of piperazine rings is 1. The molecule has 9 rings (SSSR count). The topological polar surface area (TPSA) is 161 Å². The number of pyridine rings is 1. The Hall–Kier alpha value is -4.33. The number of anilines is 1. The number of carbonyl (C=O) groups excluding carboxylic acids is 2. The molecular formula is C35H45N9O5. The van der Waals surface area contributed by atoms with Gasteiger partial charge in [-0.15, -0.1) is 10.2 Å². The van der Waals surface area contributed by atoms with Crippen molar-refractivity contribution >= 4 is 34.4 Å². The van der Waals surface area contributed by atoms with Crippen LogP contribution in [0.1, 0.15) is 88.1 Å². The number of hydrogen-bond donors (Lipinski definition) is 2. The second-order valence-electron chi connectivity index (χ2n) is 15.7. The summed E-state index contributed by atoms with van der Waals surface area (Å²) in [6.45, 7) is 12.2. The van der Waals surface area contributed by atoms with Gasteiger partial charge >= 0.3 is 0 Å². The van der Waals surface area contributed by atoms with Crippen molar-refractivity contribution in [3.63, 3.8) is 0 Å². The third-order valence-electron chi connectivity index (χ3n) is 12.1. The first-order valence-electron chi connectivity index (χ1n) is 17.5. The van der Waals surface area contributed by atoms with Gasteiger partial charge in [-0.2, -0.15) is 4.80 Å². The average molecular weight is 672 g/mol. The van der Waals surface area contributed by atoms with E-state index in [1.807, 2.05) is 17.6 Å². The molecule has 49 heavy (non-hydrogen) atoms. The Labute approximate surface area is 284 Å². The first-order valence-corrected chi connectivity index (χ1v) is 17.5. The number of hydrogen-bond acceptors (Lipinski definition) is 10. The van der Waals surface area contributed by atoms with E-state index in [0.29, 0.717) is 61.6 Å². The summed E-state index contributed by atoms with van der Waals surface area (Å²) in [6.07, 6.45) is 8.86. The number of nitrogens with zero attached hydrogens (tertiary/aromatic N) is 8. The zero-order valence-electron chi connectivity index (χ0n) is 29.0. The predicted octanol–water partition coefficient (Wildman–Crippen LogP) is 2.80. The van der Waals surface area contributed by atoms with Crippen LogP contribution < -0.4 is 15.6 Å². The molecule has 2 N–H and O–H groups in total. The largest absolute Gasteiger partial charge is 0.504 e. The van der Waals surface area contributed by atoms with Crippen LogP contribution in [0.5, 0.6) is 5.75 Å². The predicted molar refractivity (Wildman–Crippen MR) is 181 cm³/mol. The molecule has 0 radical (unpaired) electrons. The maximum atomic E-state index is 14.5. The lowest BCUT2D eigenvalue weighted by molar-refractivity contribution is -0.217. The summed E-state index contributed by atoms with van der Waals surface area (Å²) < 4.78 is 7.39. The Morgan fingerprint density at radius 2 is 1.86 bits per heavy atom. The maximum Gasteiger partial charge on any atom is 0.276 e. The highest BCUT2D eigenvalue weighted by molar-refractivity contribution is 5.95. The van der Waals surface area contributed by atoms with Gasteiger partial charge in [0.25, 0.3) is 5.91 Å². The molecule has 5 heterocycles. The fraction of sp³-hybridized carbons (Fsp3) is 0.629. The van der Waals surface area contributed by atoms with E-state index in [4.69, 9.17) is 14.9 Å². The number of aromatic hydroxyl groups is 1. The second kappa shape index (κ2) is 11.1. The molecule has 2 amide bonds. The summed E-state index contributed by atoms with van der Waals surface area (Å²) >= 11 is 0. The summed E-state index contributed by atoms with van der Waals surface area (Å²) in [5, 5.41) is 23.5. The van der Waals surface area contributed by atoms with Crippen molar-refractivity contribution in [2.75, 3.05) is 31.2 Å². The van der Waals surface area contributed by atoms with Crippen LogP contribution in [0.3, 0.4) is 0 Å². The maximum absolute atomic E-state index is 14.5. The minimum Gasteiger partial charge on any atom is -0.504 e. The van der Waals surface area contributed by atoms with Gasteiger partial charge < -0.3 is 29.5 Å². The zero-order chi connectivity index (χ0) is 34.5. The fourth-order valence-corrected chi connectivity index (χ4v) is 9.00. The molecule has 0 aromatic carbocycles. The molecule has 6 aliphatic rings. The van der Waals surface area contributed by atoms with Crippen LogP contribution in [0.15, 0.2) is 17.2 Å². The van der Waals surface area contributed by atoms with Gasteiger partial charge in [-0.25, -0.2) is 9.97 Å². The first-order chi connectivity index (χ1) is 23.4. The molecule has 260 valence electrons. The lowest BCUT2D eigenvalue weighted by atomic mass is 9.33. The Morgan fingerprint density at radius 1 is 1.10 bits per heavy atom. The number of aromatic nitrogens is 6. The van der Waals surface area contributed by atoms with E-state index in [2.05, 4.69) is 41.0 Å². The third kappa shape index (κ3) is 4.80. The summed E-state index contributed by atoms with van der Waals surface area (Å²) in [4.78, 5) is 55.5. The summed E-state index contributed by atoms with van der Waals surface area (Å²) in [6, 6.07) is -0.266. The summed E-state index contributed by atoms with van der Waals surface area (Å²) in [5.41, 5.74) is 3.19. The van der Waals surface area contributed by atoms with Gasteiger partial charge in [0.2, 0.25) is 11.3 Å². The number of amides is 2. The van der Waals surface area contributed by atoms with Crippen LogP contribution in [0.2, 0.25) is 0 Å². The molecule has 14 nitrogen and oxygen atoms in total. The van der Waals surface area contributed by atoms with E-state index in [0.717, 1.165) is 43.5 Å². The minimum absolute atomic E-state index is 0.00759. The highest BCUT2D eigenvalue weighted by atomic mass is 16.5. The molecule has 2 aliphatic heterocycles. The van der Waals surface area contributed by atoms with Crippen LogP contribution >= 0.6 is 0 Å². The average Bonchev–Trinajstić information content (AvgIpc) is 3.47. The zero-order valence-corrected chi connectivity index (χ0v) is 29.0. The molecule has 3 aromatic heterocycles. The molecule has 4 aliphatic carbocycles. The van der Waals surface area contributed by atoms with Crippen LogP contribution in [0.25, 0.3) is 16.9 Å². The van der Waals surface area contributed by atoms with Crippen molar-refractivity contribution in [3.05, 3.63) is 39.7 Å². The highest BCUT2D eigenvalue weighted by Gasteiger charge is 2.72. The monoisotopic (exact) mass is 671 g/mol. The quantitative estimate of drug-likeness (QED) is 0.382. The second-order valence-corrected chi connectivity index (χ2v) is 15.7. The normalized spacial score (nSPS) is 27.5. The SMILES string of the molecule is CCc1c(N2CCN(C(=O)c3ncnc(C)c3O)[C@H]3CC[C@@H]32)c(=O)c2nn(C3=CCOCC3)nc2n1CC(=O)NC12CC(C(C)(C)C)(C1)C2. The Morgan fingerprint density at radius 3 is 2.51 bits per heavy atom. The van der Waals surface area contributed by atoms with Gasteiger partial charge in [-0.3, -0.25) is 14.4 Å².